The maximum atomic E-state index is 6.32. The quantitative estimate of drug-likeness (QED) is 0.802. The van der Waals surface area contributed by atoms with Crippen LogP contribution in [0.4, 0.5) is 0 Å². The zero-order valence-electron chi connectivity index (χ0n) is 12.3. The largest absolute Gasteiger partial charge is 0.314 e. The summed E-state index contributed by atoms with van der Waals surface area (Å²) in [7, 11) is 0. The lowest BCUT2D eigenvalue weighted by atomic mass is 9.88. The average Bonchev–Trinajstić information content (AvgIpc) is 2.26. The third-order valence-corrected chi connectivity index (χ3v) is 3.77. The smallest absolute Gasteiger partial charge is 0.0440 e. The Kier molecular flexibility index (Phi) is 6.17. The van der Waals surface area contributed by atoms with Crippen LogP contribution in [-0.4, -0.2) is 12.6 Å². The van der Waals surface area contributed by atoms with Crippen LogP contribution >= 0.6 is 11.6 Å². The van der Waals surface area contributed by atoms with Crippen molar-refractivity contribution in [2.24, 2.45) is 11.8 Å². The van der Waals surface area contributed by atoms with Crippen molar-refractivity contribution in [3.05, 3.63) is 34.3 Å². The highest BCUT2D eigenvalue weighted by Crippen LogP contribution is 2.23. The summed E-state index contributed by atoms with van der Waals surface area (Å²) in [6.45, 7) is 12.1. The minimum Gasteiger partial charge on any atom is -0.314 e. The molecule has 102 valence electrons. The normalized spacial score (nSPS) is 13.3. The van der Waals surface area contributed by atoms with Crippen molar-refractivity contribution in [3.63, 3.8) is 0 Å². The van der Waals surface area contributed by atoms with E-state index in [9.17, 15) is 0 Å². The van der Waals surface area contributed by atoms with Gasteiger partial charge in [0, 0.05) is 11.1 Å². The number of nitrogens with one attached hydrogen (secondary N) is 1. The maximum Gasteiger partial charge on any atom is 0.0440 e. The first-order valence-electron chi connectivity index (χ1n) is 6.88. The van der Waals surface area contributed by atoms with Crippen LogP contribution in [0.15, 0.2) is 18.2 Å². The molecule has 1 unspecified atom stereocenters. The summed E-state index contributed by atoms with van der Waals surface area (Å²) in [5.41, 5.74) is 2.50. The zero-order chi connectivity index (χ0) is 13.7. The van der Waals surface area contributed by atoms with Crippen LogP contribution in [0.1, 0.15) is 38.8 Å². The van der Waals surface area contributed by atoms with Crippen molar-refractivity contribution in [2.75, 3.05) is 6.54 Å². The van der Waals surface area contributed by atoms with Crippen LogP contribution in [0, 0.1) is 18.8 Å². The van der Waals surface area contributed by atoms with Crippen LogP contribution in [0.25, 0.3) is 0 Å². The van der Waals surface area contributed by atoms with Crippen LogP contribution in [0.2, 0.25) is 5.02 Å². The van der Waals surface area contributed by atoms with E-state index in [0.717, 1.165) is 18.0 Å². The van der Waals surface area contributed by atoms with Crippen molar-refractivity contribution in [3.8, 4) is 0 Å². The molecule has 18 heavy (non-hydrogen) atoms. The molecule has 0 fully saturated rings. The molecule has 0 saturated carbocycles. The molecule has 1 nitrogen and oxygen atoms in total. The Morgan fingerprint density at radius 2 is 1.83 bits per heavy atom. The highest BCUT2D eigenvalue weighted by atomic mass is 35.5. The minimum absolute atomic E-state index is 0.541. The number of hydrogen-bond donors (Lipinski definition) is 1. The molecule has 1 N–H and O–H groups in total. The molecule has 0 aliphatic heterocycles. The second-order valence-corrected chi connectivity index (χ2v) is 6.27. The molecular formula is C16H26ClN. The van der Waals surface area contributed by atoms with Gasteiger partial charge < -0.3 is 5.32 Å². The van der Waals surface area contributed by atoms with Gasteiger partial charge in [0.2, 0.25) is 0 Å². The molecule has 1 aromatic carbocycles. The summed E-state index contributed by atoms with van der Waals surface area (Å²) in [4.78, 5) is 0. The first-order chi connectivity index (χ1) is 8.40. The van der Waals surface area contributed by atoms with Crippen LogP contribution in [0.5, 0.6) is 0 Å². The van der Waals surface area contributed by atoms with E-state index in [1.807, 2.05) is 0 Å². The Balaban J connectivity index is 2.70. The highest BCUT2D eigenvalue weighted by molar-refractivity contribution is 6.31. The molecule has 0 heterocycles. The number of rotatable bonds is 6. The van der Waals surface area contributed by atoms with Crippen molar-refractivity contribution < 1.29 is 0 Å². The van der Waals surface area contributed by atoms with E-state index in [1.165, 1.54) is 11.1 Å². The fourth-order valence-electron chi connectivity index (χ4n) is 2.03. The van der Waals surface area contributed by atoms with Crippen molar-refractivity contribution >= 4 is 11.6 Å². The molecule has 0 aliphatic rings. The topological polar surface area (TPSA) is 12.0 Å². The van der Waals surface area contributed by atoms with Gasteiger partial charge in [-0.2, -0.15) is 0 Å². The number of hydrogen-bond acceptors (Lipinski definition) is 1. The van der Waals surface area contributed by atoms with E-state index in [0.29, 0.717) is 17.9 Å². The molecule has 0 aromatic heterocycles. The standard InChI is InChI=1S/C16H26ClN/c1-11(2)15(10-18-12(3)4)9-14-7-6-13(5)8-16(14)17/h6-8,11-12,15,18H,9-10H2,1-5H3. The van der Waals surface area contributed by atoms with Gasteiger partial charge in [-0.25, -0.2) is 0 Å². The molecule has 1 rings (SSSR count). The van der Waals surface area contributed by atoms with Gasteiger partial charge in [0.1, 0.15) is 0 Å². The molecule has 0 aliphatic carbocycles. The average molecular weight is 268 g/mol. The van der Waals surface area contributed by atoms with E-state index < -0.39 is 0 Å². The van der Waals surface area contributed by atoms with Crippen LogP contribution < -0.4 is 5.32 Å². The number of halogens is 1. The first kappa shape index (κ1) is 15.5. The number of aryl methyl sites for hydroxylation is 1. The Morgan fingerprint density at radius 3 is 2.33 bits per heavy atom. The summed E-state index contributed by atoms with van der Waals surface area (Å²) in [6, 6.07) is 6.92. The molecule has 0 saturated heterocycles. The lowest BCUT2D eigenvalue weighted by molar-refractivity contribution is 0.349. The summed E-state index contributed by atoms with van der Waals surface area (Å²) >= 11 is 6.32. The molecule has 0 amide bonds. The second-order valence-electron chi connectivity index (χ2n) is 5.87. The van der Waals surface area contributed by atoms with Gasteiger partial charge in [0.05, 0.1) is 0 Å². The molecule has 1 atom stereocenters. The van der Waals surface area contributed by atoms with Gasteiger partial charge >= 0.3 is 0 Å². The van der Waals surface area contributed by atoms with Gasteiger partial charge in [-0.3, -0.25) is 0 Å². The lowest BCUT2D eigenvalue weighted by Gasteiger charge is -2.23. The fraction of sp³-hybridized carbons (Fsp3) is 0.625. The Hall–Kier alpha value is -0.530. The first-order valence-corrected chi connectivity index (χ1v) is 7.26. The predicted molar refractivity (Wildman–Crippen MR) is 81.4 cm³/mol. The third kappa shape index (κ3) is 4.99. The molecule has 1 aromatic rings. The summed E-state index contributed by atoms with van der Waals surface area (Å²) < 4.78 is 0. The Labute approximate surface area is 117 Å². The molecular weight excluding hydrogens is 242 g/mol. The second kappa shape index (κ2) is 7.16. The van der Waals surface area contributed by atoms with Gasteiger partial charge in [0.25, 0.3) is 0 Å². The van der Waals surface area contributed by atoms with Crippen molar-refractivity contribution in [2.45, 2.75) is 47.1 Å². The van der Waals surface area contributed by atoms with E-state index in [-0.39, 0.29) is 0 Å². The fourth-order valence-corrected chi connectivity index (χ4v) is 2.34. The zero-order valence-corrected chi connectivity index (χ0v) is 13.0. The third-order valence-electron chi connectivity index (χ3n) is 3.42. The van der Waals surface area contributed by atoms with Crippen LogP contribution in [0.3, 0.4) is 0 Å². The summed E-state index contributed by atoms with van der Waals surface area (Å²) in [6.07, 6.45) is 1.05. The minimum atomic E-state index is 0.541. The van der Waals surface area contributed by atoms with Crippen LogP contribution in [-0.2, 0) is 6.42 Å². The Morgan fingerprint density at radius 1 is 1.17 bits per heavy atom. The van der Waals surface area contributed by atoms with Gasteiger partial charge in [0.15, 0.2) is 0 Å². The highest BCUT2D eigenvalue weighted by Gasteiger charge is 2.15. The van der Waals surface area contributed by atoms with E-state index >= 15 is 0 Å². The lowest BCUT2D eigenvalue weighted by Crippen LogP contribution is -2.32. The molecule has 2 heteroatoms. The van der Waals surface area contributed by atoms with Gasteiger partial charge in [-0.05, 0) is 48.9 Å². The summed E-state index contributed by atoms with van der Waals surface area (Å²) in [5.74, 6) is 1.29. The van der Waals surface area contributed by atoms with E-state index in [4.69, 9.17) is 11.6 Å². The predicted octanol–water partition coefficient (Wildman–Crippen LogP) is 4.46. The van der Waals surface area contributed by atoms with Crippen molar-refractivity contribution in [1.29, 1.82) is 0 Å². The molecule has 0 bridgehead atoms. The number of benzene rings is 1. The maximum absolute atomic E-state index is 6.32. The van der Waals surface area contributed by atoms with E-state index in [1.54, 1.807) is 0 Å². The van der Waals surface area contributed by atoms with Gasteiger partial charge in [-0.15, -0.1) is 0 Å². The van der Waals surface area contributed by atoms with Gasteiger partial charge in [-0.1, -0.05) is 51.4 Å². The van der Waals surface area contributed by atoms with Crippen molar-refractivity contribution in [1.82, 2.24) is 5.32 Å². The summed E-state index contributed by atoms with van der Waals surface area (Å²) in [5, 5.41) is 4.44. The molecule has 0 spiro atoms. The monoisotopic (exact) mass is 267 g/mol. The Bertz CT molecular complexity index is 371. The van der Waals surface area contributed by atoms with E-state index in [2.05, 4.69) is 58.1 Å². The SMILES string of the molecule is Cc1ccc(CC(CNC(C)C)C(C)C)c(Cl)c1. The molecule has 0 radical (unpaired) electrons.